The Morgan fingerprint density at radius 1 is 0.833 bits per heavy atom. The third-order valence-corrected chi connectivity index (χ3v) is 15.2. The molecule has 1 aliphatic heterocycles. The van der Waals surface area contributed by atoms with Crippen molar-refractivity contribution in [2.24, 2.45) is 11.8 Å². The molecule has 5 aromatic rings. The van der Waals surface area contributed by atoms with Gasteiger partial charge in [-0.1, -0.05) is 89.8 Å². The van der Waals surface area contributed by atoms with Crippen molar-refractivity contribution in [1.82, 2.24) is 29.7 Å². The van der Waals surface area contributed by atoms with Gasteiger partial charge in [-0.15, -0.1) is 11.3 Å². The van der Waals surface area contributed by atoms with E-state index in [2.05, 4.69) is 25.1 Å². The molecule has 6 rings (SSSR count). The summed E-state index contributed by atoms with van der Waals surface area (Å²) in [7, 11) is -9.52. The molecule has 0 fully saturated rings. The van der Waals surface area contributed by atoms with Gasteiger partial charge >= 0.3 is 27.4 Å². The second-order valence-corrected chi connectivity index (χ2v) is 20.2. The lowest BCUT2D eigenvalue weighted by Crippen LogP contribution is -2.37. The minimum absolute atomic E-state index is 0.0336. The van der Waals surface area contributed by atoms with Gasteiger partial charge in [0.15, 0.2) is 11.5 Å². The van der Waals surface area contributed by atoms with Crippen LogP contribution in [0.15, 0.2) is 78.5 Å². The number of anilines is 2. The number of aromatic nitrogens is 4. The van der Waals surface area contributed by atoms with E-state index in [1.165, 1.54) is 49.0 Å². The van der Waals surface area contributed by atoms with Crippen molar-refractivity contribution in [2.45, 2.75) is 98.1 Å². The zero-order valence-electron chi connectivity index (χ0n) is 37.8. The lowest BCUT2D eigenvalue weighted by molar-refractivity contribution is -0.147. The highest BCUT2D eigenvalue weighted by atomic mass is 32.1. The fraction of sp³-hybridized carbons (Fsp3) is 0.465. The van der Waals surface area contributed by atoms with Crippen LogP contribution in [-0.2, 0) is 42.0 Å². The number of fused-ring (bicyclic) bond motifs is 3. The van der Waals surface area contributed by atoms with Crippen molar-refractivity contribution in [1.29, 1.82) is 0 Å². The second-order valence-electron chi connectivity index (χ2n) is 15.8. The predicted molar refractivity (Wildman–Crippen MR) is 248 cm³/mol. The molecule has 19 nitrogen and oxygen atoms in total. The minimum atomic E-state index is -4.88. The Labute approximate surface area is 386 Å². The Kier molecular flexibility index (Phi) is 16.4. The van der Waals surface area contributed by atoms with E-state index in [9.17, 15) is 14.2 Å². The molecule has 1 aliphatic rings. The van der Waals surface area contributed by atoms with Crippen LogP contribution in [0.1, 0.15) is 80.4 Å². The average Bonchev–Trinajstić information content (AvgIpc) is 3.94. The number of para-hydroxylation sites is 2. The number of carbonyl (C=O) groups is 2. The smallest absolute Gasteiger partial charge is 0.464 e. The van der Waals surface area contributed by atoms with E-state index in [-0.39, 0.29) is 59.3 Å². The van der Waals surface area contributed by atoms with E-state index in [4.69, 9.17) is 43.8 Å². The highest BCUT2D eigenvalue weighted by Gasteiger charge is 2.55. The molecule has 23 heteroatoms. The fourth-order valence-electron chi connectivity index (χ4n) is 6.85. The number of hydrogen-bond acceptors (Lipinski definition) is 17. The molecule has 0 aliphatic carbocycles. The first-order valence-electron chi connectivity index (χ1n) is 21.6. The van der Waals surface area contributed by atoms with Crippen LogP contribution in [0.25, 0.3) is 20.6 Å². The van der Waals surface area contributed by atoms with Gasteiger partial charge in [0.25, 0.3) is 0 Å². The van der Waals surface area contributed by atoms with Gasteiger partial charge in [-0.3, -0.25) is 18.7 Å². The van der Waals surface area contributed by atoms with Crippen molar-refractivity contribution in [3.05, 3.63) is 78.5 Å². The average molecular weight is 975 g/mol. The van der Waals surface area contributed by atoms with Crippen molar-refractivity contribution in [3.8, 4) is 11.5 Å². The van der Waals surface area contributed by atoms with Gasteiger partial charge in [0.05, 0.1) is 24.2 Å². The number of carbonyl (C=O) groups excluding carboxylic acids is 2. The van der Waals surface area contributed by atoms with E-state index in [1.807, 2.05) is 27.7 Å². The number of halogens is 1. The Balaban J connectivity index is 1.41. The van der Waals surface area contributed by atoms with E-state index in [1.54, 1.807) is 36.4 Å². The van der Waals surface area contributed by atoms with Crippen LogP contribution in [0.4, 0.5) is 16.2 Å². The molecule has 0 saturated heterocycles. The van der Waals surface area contributed by atoms with Gasteiger partial charge < -0.3 is 39.2 Å². The predicted octanol–water partition coefficient (Wildman–Crippen LogP) is 9.00. The quantitative estimate of drug-likeness (QED) is 0.0332. The second kappa shape index (κ2) is 21.6. The number of nitrogens with one attached hydrogen (secondary N) is 2. The minimum Gasteiger partial charge on any atom is -0.464 e. The van der Waals surface area contributed by atoms with Gasteiger partial charge in [0.1, 0.15) is 51.9 Å². The third kappa shape index (κ3) is 11.8. The summed E-state index contributed by atoms with van der Waals surface area (Å²) < 4.78 is 91.1. The van der Waals surface area contributed by atoms with E-state index >= 15 is 8.96 Å². The number of nitrogens with zero attached hydrogens (tertiary/aromatic N) is 4. The van der Waals surface area contributed by atoms with Gasteiger partial charge in [-0.25, -0.2) is 23.5 Å². The van der Waals surface area contributed by atoms with Gasteiger partial charge in [-0.2, -0.15) is 15.2 Å². The molecule has 0 saturated carbocycles. The Morgan fingerprint density at radius 3 is 1.88 bits per heavy atom. The summed E-state index contributed by atoms with van der Waals surface area (Å²) in [6.07, 6.45) is 2.67. The largest absolute Gasteiger partial charge is 0.513 e. The molecule has 6 N–H and O–H groups in total. The highest BCUT2D eigenvalue weighted by molar-refractivity contribution is 7.52. The van der Waals surface area contributed by atoms with Crippen LogP contribution in [-0.4, -0.2) is 69.0 Å². The van der Waals surface area contributed by atoms with E-state index < -0.39 is 69.5 Å². The number of alkyl halides is 1. The topological polar surface area (TPSA) is 253 Å². The molecule has 2 aromatic carbocycles. The number of esters is 2. The summed E-state index contributed by atoms with van der Waals surface area (Å²) in [5.74, 6) is -2.45. The Hall–Kier alpha value is -5.30. The molecule has 4 heterocycles. The normalized spacial score (nSPS) is 19.0. The standard InChI is InChI=1S/C43H57FN8O11P2S/c1-8-28(9-2)22-57-39(53)26(5)50-64(55,61-30-18-14-12-15-19-30)59-24-32-36(43(7,44)41(60-32)52-25-47-38-34(52)33-35(66-38)37(45)49-42(46)48-33)63-65(56,62-31-20-16-13-17-21-31)51-27(6)40(54)58-23-29(10-3)11-4/h12-21,25-29,41H,8-11,22-24H2,1-7H3,(H,50,55)(H,51,56)(H4,45,46,48,49)/t26-,27-,41+,43?,64-,65+/m0/s1. The molecule has 0 spiro atoms. The number of imidazole rings is 1. The molecule has 0 radical (unpaired) electrons. The van der Waals surface area contributed by atoms with Crippen LogP contribution in [0, 0.1) is 11.8 Å². The number of rotatable bonds is 24. The monoisotopic (exact) mass is 974 g/mol. The Morgan fingerprint density at radius 2 is 1.35 bits per heavy atom. The number of ether oxygens (including phenoxy) is 3. The molecule has 0 amide bonds. The first-order chi connectivity index (χ1) is 31.4. The zero-order chi connectivity index (χ0) is 47.8. The molecule has 6 atom stereocenters. The van der Waals surface area contributed by atoms with Gasteiger partial charge in [-0.05, 0) is 56.9 Å². The SMILES string of the molecule is CCC(CC)COC(=O)[C@H](C)N[P@](=O)(OCC1=C(O[P@@](=O)(N[C@@H](C)C(=O)OCC(CC)CC)Oc2ccccc2)C(C)(F)[C@H](n2cnc3sc4c(N)nc(N)nc4c32)O1)Oc1ccccc1. The molecule has 0 bridgehead atoms. The molecule has 1 unspecified atom stereocenters. The summed E-state index contributed by atoms with van der Waals surface area (Å²) in [6.45, 7) is 11.2. The number of benzene rings is 2. The van der Waals surface area contributed by atoms with Gasteiger partial charge in [0.2, 0.25) is 17.8 Å². The number of nitrogens with two attached hydrogens (primary N) is 2. The molecular formula is C43H57FN8O11P2S. The lowest BCUT2D eigenvalue weighted by Gasteiger charge is -2.28. The van der Waals surface area contributed by atoms with Crippen molar-refractivity contribution < 1.29 is 55.4 Å². The summed E-state index contributed by atoms with van der Waals surface area (Å²) in [6, 6.07) is 13.3. The number of hydrogen-bond donors (Lipinski definition) is 4. The summed E-state index contributed by atoms with van der Waals surface area (Å²) in [5, 5.41) is 5.23. The van der Waals surface area contributed by atoms with Crippen LogP contribution in [0.2, 0.25) is 0 Å². The first-order valence-corrected chi connectivity index (χ1v) is 25.5. The fourth-order valence-corrected chi connectivity index (χ4v) is 10.9. The van der Waals surface area contributed by atoms with Gasteiger partial charge in [0, 0.05) is 0 Å². The first kappa shape index (κ1) is 50.1. The number of nitrogen functional groups attached to an aromatic ring is 2. The van der Waals surface area contributed by atoms with E-state index in [0.29, 0.717) is 9.53 Å². The molecular weight excluding hydrogens is 918 g/mol. The highest BCUT2D eigenvalue weighted by Crippen LogP contribution is 2.56. The summed E-state index contributed by atoms with van der Waals surface area (Å²) >= 11 is 1.13. The summed E-state index contributed by atoms with van der Waals surface area (Å²) in [4.78, 5) is 39.8. The van der Waals surface area contributed by atoms with Crippen molar-refractivity contribution >= 4 is 71.1 Å². The third-order valence-electron chi connectivity index (χ3n) is 10.9. The van der Waals surface area contributed by atoms with Crippen LogP contribution >= 0.6 is 26.8 Å². The Bertz CT molecular complexity index is 2590. The zero-order valence-corrected chi connectivity index (χ0v) is 40.4. The van der Waals surface area contributed by atoms with Crippen LogP contribution in [0.5, 0.6) is 11.5 Å². The molecule has 66 heavy (non-hydrogen) atoms. The van der Waals surface area contributed by atoms with Crippen molar-refractivity contribution in [2.75, 3.05) is 31.3 Å². The van der Waals surface area contributed by atoms with E-state index in [0.717, 1.165) is 43.9 Å². The maximum absolute atomic E-state index is 18.1. The molecule has 358 valence electrons. The maximum Gasteiger partial charge on any atom is 0.513 e. The summed E-state index contributed by atoms with van der Waals surface area (Å²) in [5.41, 5.74) is 9.90. The molecule has 3 aromatic heterocycles. The van der Waals surface area contributed by atoms with Crippen LogP contribution < -0.4 is 30.7 Å². The maximum atomic E-state index is 18.1. The van der Waals surface area contributed by atoms with Crippen molar-refractivity contribution in [3.63, 3.8) is 0 Å². The van der Waals surface area contributed by atoms with Crippen LogP contribution in [0.3, 0.4) is 0 Å². The lowest BCUT2D eigenvalue weighted by atomic mass is 10.1. The number of thiophene rings is 1.